The molecule has 2 atom stereocenters. The molecule has 1 fully saturated rings. The molecule has 1 aromatic carbocycles. The number of nitrogens with zero attached hydrogens (tertiary/aromatic N) is 1. The van der Waals surface area contributed by atoms with Gasteiger partial charge >= 0.3 is 18.0 Å². The van der Waals surface area contributed by atoms with Crippen LogP contribution in [-0.2, 0) is 14.3 Å². The van der Waals surface area contributed by atoms with Crippen molar-refractivity contribution >= 4 is 18.0 Å². The Kier molecular flexibility index (Phi) is 5.35. The predicted molar refractivity (Wildman–Crippen MR) is 89.3 cm³/mol. The maximum atomic E-state index is 12.5. The van der Waals surface area contributed by atoms with Gasteiger partial charge < -0.3 is 14.9 Å². The van der Waals surface area contributed by atoms with E-state index >= 15 is 0 Å². The first-order valence-corrected chi connectivity index (χ1v) is 8.12. The summed E-state index contributed by atoms with van der Waals surface area (Å²) in [6.07, 6.45) is -0.635. The SMILES string of the molecule is CC(C)(C)OC(=O)N1C(C(=O)O)CC(c2ccccc2)CC1C(=O)O. The molecule has 0 spiro atoms. The average Bonchev–Trinajstić information content (AvgIpc) is 2.52. The number of carbonyl (C=O) groups excluding carboxylic acids is 1. The molecule has 0 aliphatic carbocycles. The van der Waals surface area contributed by atoms with E-state index in [0.717, 1.165) is 10.5 Å². The summed E-state index contributed by atoms with van der Waals surface area (Å²) in [4.78, 5) is 36.8. The number of piperidine rings is 1. The summed E-state index contributed by atoms with van der Waals surface area (Å²) < 4.78 is 5.24. The van der Waals surface area contributed by atoms with Crippen molar-refractivity contribution in [1.29, 1.82) is 0 Å². The van der Waals surface area contributed by atoms with Crippen LogP contribution in [0.3, 0.4) is 0 Å². The Morgan fingerprint density at radius 3 is 1.88 bits per heavy atom. The minimum atomic E-state index is -1.25. The van der Waals surface area contributed by atoms with Crippen LogP contribution < -0.4 is 0 Å². The second-order valence-corrected chi connectivity index (χ2v) is 7.17. The quantitative estimate of drug-likeness (QED) is 0.869. The van der Waals surface area contributed by atoms with Gasteiger partial charge in [-0.3, -0.25) is 4.90 Å². The summed E-state index contributed by atoms with van der Waals surface area (Å²) >= 11 is 0. The molecule has 7 heteroatoms. The van der Waals surface area contributed by atoms with E-state index in [-0.39, 0.29) is 18.8 Å². The molecule has 1 heterocycles. The highest BCUT2D eigenvalue weighted by molar-refractivity contribution is 5.86. The maximum absolute atomic E-state index is 12.5. The number of carbonyl (C=O) groups is 3. The van der Waals surface area contributed by atoms with Crippen LogP contribution >= 0.6 is 0 Å². The fourth-order valence-electron chi connectivity index (χ4n) is 3.09. The molecule has 1 aliphatic rings. The molecule has 1 aliphatic heterocycles. The van der Waals surface area contributed by atoms with Crippen molar-refractivity contribution in [2.24, 2.45) is 0 Å². The van der Waals surface area contributed by atoms with Gasteiger partial charge in [0.2, 0.25) is 0 Å². The third kappa shape index (κ3) is 4.49. The molecule has 1 saturated heterocycles. The lowest BCUT2D eigenvalue weighted by Gasteiger charge is -2.41. The van der Waals surface area contributed by atoms with Crippen LogP contribution in [0.15, 0.2) is 30.3 Å². The standard InChI is InChI=1S/C18H23NO6/c1-18(2,3)25-17(24)19-13(15(20)21)9-12(10-14(19)16(22)23)11-7-5-4-6-8-11/h4-8,12-14H,9-10H2,1-3H3,(H,20,21)(H,22,23). The summed E-state index contributed by atoms with van der Waals surface area (Å²) in [7, 11) is 0. The van der Waals surface area contributed by atoms with E-state index < -0.39 is 35.7 Å². The number of benzene rings is 1. The van der Waals surface area contributed by atoms with Gasteiger partial charge in [-0.15, -0.1) is 0 Å². The molecule has 0 bridgehead atoms. The second kappa shape index (κ2) is 7.13. The van der Waals surface area contributed by atoms with E-state index in [2.05, 4.69) is 0 Å². The van der Waals surface area contributed by atoms with Crippen molar-refractivity contribution in [1.82, 2.24) is 4.90 Å². The summed E-state index contributed by atoms with van der Waals surface area (Å²) in [5.41, 5.74) is 0.0169. The van der Waals surface area contributed by atoms with E-state index in [9.17, 15) is 24.6 Å². The third-order valence-corrected chi connectivity index (χ3v) is 4.13. The van der Waals surface area contributed by atoms with E-state index in [4.69, 9.17) is 4.74 Å². The van der Waals surface area contributed by atoms with E-state index in [1.165, 1.54) is 0 Å². The number of hydrogen-bond donors (Lipinski definition) is 2. The Labute approximate surface area is 146 Å². The molecule has 0 aromatic heterocycles. The van der Waals surface area contributed by atoms with Gasteiger partial charge in [0.1, 0.15) is 17.7 Å². The molecule has 1 amide bonds. The van der Waals surface area contributed by atoms with Crippen LogP contribution in [0.1, 0.15) is 45.1 Å². The third-order valence-electron chi connectivity index (χ3n) is 4.13. The van der Waals surface area contributed by atoms with Crippen molar-refractivity contribution in [3.05, 3.63) is 35.9 Å². The van der Waals surface area contributed by atoms with Crippen LogP contribution in [0, 0.1) is 0 Å². The molecule has 1 aromatic rings. The highest BCUT2D eigenvalue weighted by atomic mass is 16.6. The van der Waals surface area contributed by atoms with E-state index in [0.29, 0.717) is 0 Å². The average molecular weight is 349 g/mol. The summed E-state index contributed by atoms with van der Waals surface area (Å²) in [5.74, 6) is -2.74. The van der Waals surface area contributed by atoms with Gasteiger partial charge in [0.25, 0.3) is 0 Å². The first-order chi connectivity index (χ1) is 11.6. The largest absolute Gasteiger partial charge is 0.480 e. The van der Waals surface area contributed by atoms with Gasteiger partial charge in [-0.05, 0) is 45.1 Å². The summed E-state index contributed by atoms with van der Waals surface area (Å²) in [6, 6.07) is 6.65. The van der Waals surface area contributed by atoms with Gasteiger partial charge in [-0.25, -0.2) is 14.4 Å². The fourth-order valence-corrected chi connectivity index (χ4v) is 3.09. The number of rotatable bonds is 3. The zero-order chi connectivity index (χ0) is 18.8. The Hall–Kier alpha value is -2.57. The number of carboxylic acids is 2. The molecule has 2 N–H and O–H groups in total. The van der Waals surface area contributed by atoms with Crippen molar-refractivity contribution in [3.8, 4) is 0 Å². The molecule has 0 saturated carbocycles. The summed E-state index contributed by atoms with van der Waals surface area (Å²) in [5, 5.41) is 19.2. The molecule has 2 unspecified atom stereocenters. The minimum Gasteiger partial charge on any atom is -0.480 e. The van der Waals surface area contributed by atoms with E-state index in [1.807, 2.05) is 30.3 Å². The molecular formula is C18H23NO6. The van der Waals surface area contributed by atoms with Crippen LogP contribution in [0.5, 0.6) is 0 Å². The fraction of sp³-hybridized carbons (Fsp3) is 0.500. The molecule has 25 heavy (non-hydrogen) atoms. The first-order valence-electron chi connectivity index (χ1n) is 8.12. The van der Waals surface area contributed by atoms with Crippen molar-refractivity contribution in [3.63, 3.8) is 0 Å². The number of ether oxygens (including phenoxy) is 1. The highest BCUT2D eigenvalue weighted by Gasteiger charge is 2.47. The van der Waals surface area contributed by atoms with Gasteiger partial charge in [0.05, 0.1) is 0 Å². The number of aliphatic carboxylic acids is 2. The van der Waals surface area contributed by atoms with Crippen molar-refractivity contribution in [2.75, 3.05) is 0 Å². The smallest absolute Gasteiger partial charge is 0.411 e. The Bertz CT molecular complexity index is 627. The van der Waals surface area contributed by atoms with E-state index in [1.54, 1.807) is 20.8 Å². The predicted octanol–water partition coefficient (Wildman–Crippen LogP) is 2.71. The van der Waals surface area contributed by atoms with Crippen LogP contribution in [0.2, 0.25) is 0 Å². The number of carboxylic acid groups (broad SMARTS) is 2. The number of hydrogen-bond acceptors (Lipinski definition) is 4. The Morgan fingerprint density at radius 1 is 1.00 bits per heavy atom. The summed E-state index contributed by atoms with van der Waals surface area (Å²) in [6.45, 7) is 4.94. The lowest BCUT2D eigenvalue weighted by molar-refractivity contribution is -0.153. The molecule has 2 rings (SSSR count). The monoisotopic (exact) mass is 349 g/mol. The maximum Gasteiger partial charge on any atom is 0.411 e. The highest BCUT2D eigenvalue weighted by Crippen LogP contribution is 2.36. The van der Waals surface area contributed by atoms with Crippen molar-refractivity contribution in [2.45, 2.75) is 57.2 Å². The second-order valence-electron chi connectivity index (χ2n) is 7.17. The lowest BCUT2D eigenvalue weighted by atomic mass is 9.81. The number of amides is 1. The van der Waals surface area contributed by atoms with Crippen molar-refractivity contribution < 1.29 is 29.3 Å². The van der Waals surface area contributed by atoms with Crippen LogP contribution in [0.25, 0.3) is 0 Å². The van der Waals surface area contributed by atoms with Gasteiger partial charge in [0.15, 0.2) is 0 Å². The molecule has 136 valence electrons. The Morgan fingerprint density at radius 2 is 1.48 bits per heavy atom. The normalized spacial score (nSPS) is 23.8. The first kappa shape index (κ1) is 18.8. The minimum absolute atomic E-state index is 0.141. The Balaban J connectivity index is 2.36. The zero-order valence-corrected chi connectivity index (χ0v) is 14.5. The van der Waals surface area contributed by atoms with Gasteiger partial charge in [0, 0.05) is 0 Å². The molecule has 7 nitrogen and oxygen atoms in total. The van der Waals surface area contributed by atoms with Gasteiger partial charge in [-0.1, -0.05) is 30.3 Å². The molecule has 0 radical (unpaired) electrons. The zero-order valence-electron chi connectivity index (χ0n) is 14.5. The van der Waals surface area contributed by atoms with Crippen LogP contribution in [-0.4, -0.2) is 50.8 Å². The lowest BCUT2D eigenvalue weighted by Crippen LogP contribution is -2.58. The molecular weight excluding hydrogens is 326 g/mol. The topological polar surface area (TPSA) is 104 Å². The van der Waals surface area contributed by atoms with Gasteiger partial charge in [-0.2, -0.15) is 0 Å². The van der Waals surface area contributed by atoms with Crippen LogP contribution in [0.4, 0.5) is 4.79 Å². The number of likely N-dealkylation sites (tertiary alicyclic amines) is 1.